The molecule has 0 spiro atoms. The molecule has 0 fully saturated rings. The van der Waals surface area contributed by atoms with Gasteiger partial charge in [0.15, 0.2) is 0 Å². The lowest BCUT2D eigenvalue weighted by Crippen LogP contribution is -2.02. The first-order valence-electron chi connectivity index (χ1n) is 9.40. The van der Waals surface area contributed by atoms with E-state index in [0.717, 1.165) is 32.1 Å². The summed E-state index contributed by atoms with van der Waals surface area (Å²) in [5.74, 6) is -0.151. The molecule has 0 bridgehead atoms. The van der Waals surface area contributed by atoms with Crippen molar-refractivity contribution in [3.05, 3.63) is 24.3 Å². The van der Waals surface area contributed by atoms with Gasteiger partial charge in [-0.2, -0.15) is 8.42 Å². The van der Waals surface area contributed by atoms with Gasteiger partial charge in [0.1, 0.15) is 0 Å². The SMILES string of the molecule is CCCC[C@@H](O)/C=C\CCCCCCC/C=C\CCCS(=O)(=O)O. The molecule has 0 heterocycles. The van der Waals surface area contributed by atoms with E-state index in [1.165, 1.54) is 32.1 Å². The smallest absolute Gasteiger partial charge is 0.264 e. The Morgan fingerprint density at radius 1 is 0.833 bits per heavy atom. The zero-order valence-corrected chi connectivity index (χ0v) is 16.0. The van der Waals surface area contributed by atoms with Crippen molar-refractivity contribution in [2.45, 2.75) is 90.1 Å². The van der Waals surface area contributed by atoms with E-state index in [0.29, 0.717) is 12.8 Å². The third kappa shape index (κ3) is 19.4. The van der Waals surface area contributed by atoms with Gasteiger partial charge in [0.25, 0.3) is 10.1 Å². The summed E-state index contributed by atoms with van der Waals surface area (Å²) in [4.78, 5) is 0. The Morgan fingerprint density at radius 3 is 1.96 bits per heavy atom. The predicted octanol–water partition coefficient (Wildman–Crippen LogP) is 5.05. The molecule has 0 rings (SSSR count). The summed E-state index contributed by atoms with van der Waals surface area (Å²) in [5.41, 5.74) is 0. The van der Waals surface area contributed by atoms with Crippen molar-refractivity contribution in [3.8, 4) is 0 Å². The lowest BCUT2D eigenvalue weighted by molar-refractivity contribution is 0.209. The van der Waals surface area contributed by atoms with Crippen molar-refractivity contribution < 1.29 is 18.1 Å². The van der Waals surface area contributed by atoms with Gasteiger partial charge in [0, 0.05) is 0 Å². The monoisotopic (exact) mass is 360 g/mol. The highest BCUT2D eigenvalue weighted by Gasteiger charge is 2.01. The highest BCUT2D eigenvalue weighted by Crippen LogP contribution is 2.09. The molecule has 0 saturated heterocycles. The first-order chi connectivity index (χ1) is 11.5. The summed E-state index contributed by atoms with van der Waals surface area (Å²) in [6, 6.07) is 0. The molecule has 0 aromatic heterocycles. The Bertz CT molecular complexity index is 427. The van der Waals surface area contributed by atoms with Crippen LogP contribution < -0.4 is 0 Å². The number of hydrogen-bond acceptors (Lipinski definition) is 3. The number of aliphatic hydroxyl groups excluding tert-OH is 1. The van der Waals surface area contributed by atoms with Crippen LogP contribution in [0.1, 0.15) is 84.0 Å². The summed E-state index contributed by atoms with van der Waals surface area (Å²) in [6.07, 6.45) is 20.3. The van der Waals surface area contributed by atoms with Crippen LogP contribution in [-0.2, 0) is 10.1 Å². The zero-order chi connectivity index (χ0) is 18.1. The molecule has 4 nitrogen and oxygen atoms in total. The topological polar surface area (TPSA) is 74.6 Å². The molecule has 5 heteroatoms. The van der Waals surface area contributed by atoms with Crippen LogP contribution in [0, 0.1) is 0 Å². The van der Waals surface area contributed by atoms with Crippen LogP contribution in [0.15, 0.2) is 24.3 Å². The molecule has 0 aliphatic carbocycles. The molecule has 0 aromatic carbocycles. The quantitative estimate of drug-likeness (QED) is 0.229. The number of unbranched alkanes of at least 4 members (excludes halogenated alkanes) is 8. The summed E-state index contributed by atoms with van der Waals surface area (Å²) < 4.78 is 29.6. The minimum atomic E-state index is -3.80. The van der Waals surface area contributed by atoms with Crippen molar-refractivity contribution in [1.82, 2.24) is 0 Å². The average molecular weight is 361 g/mol. The van der Waals surface area contributed by atoms with Crippen LogP contribution in [0.4, 0.5) is 0 Å². The van der Waals surface area contributed by atoms with Gasteiger partial charge in [-0.25, -0.2) is 0 Å². The number of aliphatic hydroxyl groups is 1. The van der Waals surface area contributed by atoms with Gasteiger partial charge in [-0.1, -0.05) is 63.3 Å². The van der Waals surface area contributed by atoms with Crippen molar-refractivity contribution in [3.63, 3.8) is 0 Å². The molecule has 0 aliphatic rings. The van der Waals surface area contributed by atoms with Crippen molar-refractivity contribution in [1.29, 1.82) is 0 Å². The van der Waals surface area contributed by atoms with Gasteiger partial charge < -0.3 is 5.11 Å². The van der Waals surface area contributed by atoms with Crippen LogP contribution in [0.25, 0.3) is 0 Å². The average Bonchev–Trinajstić information content (AvgIpc) is 2.52. The predicted molar refractivity (Wildman–Crippen MR) is 102 cm³/mol. The first-order valence-corrected chi connectivity index (χ1v) is 11.0. The Labute approximate surface area is 148 Å². The fourth-order valence-corrected chi connectivity index (χ4v) is 2.97. The molecule has 0 amide bonds. The molecule has 1 atom stereocenters. The molecule has 0 aromatic rings. The number of allylic oxidation sites excluding steroid dienone is 3. The van der Waals surface area contributed by atoms with Crippen LogP contribution in [0.5, 0.6) is 0 Å². The standard InChI is InChI=1S/C19H36O4S/c1-2-3-16-19(20)17-14-12-10-8-6-4-5-7-9-11-13-15-18-24(21,22)23/h9,11,14,17,19-20H,2-8,10,12-13,15-16,18H2,1H3,(H,21,22,23)/b11-9-,17-14-/t19-/m1/s1. The molecule has 24 heavy (non-hydrogen) atoms. The summed E-state index contributed by atoms with van der Waals surface area (Å²) in [7, 11) is -3.80. The normalized spacial score (nSPS) is 14.0. The van der Waals surface area contributed by atoms with E-state index >= 15 is 0 Å². The van der Waals surface area contributed by atoms with Crippen LogP contribution in [-0.4, -0.2) is 29.9 Å². The molecular weight excluding hydrogens is 324 g/mol. The van der Waals surface area contributed by atoms with Crippen molar-refractivity contribution >= 4 is 10.1 Å². The third-order valence-corrected chi connectivity index (χ3v) is 4.70. The Balaban J connectivity index is 3.32. The molecule has 0 saturated carbocycles. The molecule has 0 radical (unpaired) electrons. The Kier molecular flexibility index (Phi) is 15.4. The van der Waals surface area contributed by atoms with Crippen molar-refractivity contribution in [2.75, 3.05) is 5.75 Å². The molecule has 0 unspecified atom stereocenters. The second-order valence-electron chi connectivity index (χ2n) is 6.38. The maximum atomic E-state index is 10.5. The number of rotatable bonds is 16. The Hall–Kier alpha value is -0.650. The maximum Gasteiger partial charge on any atom is 0.264 e. The first kappa shape index (κ1) is 23.4. The van der Waals surface area contributed by atoms with Gasteiger partial charge in [0.2, 0.25) is 0 Å². The van der Waals surface area contributed by atoms with Gasteiger partial charge in [-0.15, -0.1) is 0 Å². The van der Waals surface area contributed by atoms with E-state index in [-0.39, 0.29) is 11.9 Å². The summed E-state index contributed by atoms with van der Waals surface area (Å²) in [6.45, 7) is 2.14. The second kappa shape index (κ2) is 15.9. The number of hydrogen-bond donors (Lipinski definition) is 2. The largest absolute Gasteiger partial charge is 0.389 e. The van der Waals surface area contributed by atoms with E-state index in [2.05, 4.69) is 19.1 Å². The van der Waals surface area contributed by atoms with Gasteiger partial charge in [0.05, 0.1) is 11.9 Å². The van der Waals surface area contributed by atoms with E-state index < -0.39 is 10.1 Å². The maximum absolute atomic E-state index is 10.5. The molecular formula is C19H36O4S. The summed E-state index contributed by atoms with van der Waals surface area (Å²) >= 11 is 0. The van der Waals surface area contributed by atoms with Gasteiger partial charge in [-0.05, 0) is 44.9 Å². The van der Waals surface area contributed by atoms with Crippen molar-refractivity contribution in [2.24, 2.45) is 0 Å². The Morgan fingerprint density at radius 2 is 1.38 bits per heavy atom. The fourth-order valence-electron chi connectivity index (χ4n) is 2.44. The minimum Gasteiger partial charge on any atom is -0.389 e. The molecule has 0 aliphatic heterocycles. The lowest BCUT2D eigenvalue weighted by Gasteiger charge is -2.03. The summed E-state index contributed by atoms with van der Waals surface area (Å²) in [5, 5.41) is 9.66. The van der Waals surface area contributed by atoms with E-state index in [1.807, 2.05) is 12.2 Å². The zero-order valence-electron chi connectivity index (χ0n) is 15.2. The van der Waals surface area contributed by atoms with Crippen LogP contribution in [0.3, 0.4) is 0 Å². The van der Waals surface area contributed by atoms with Gasteiger partial charge >= 0.3 is 0 Å². The highest BCUT2D eigenvalue weighted by atomic mass is 32.2. The van der Waals surface area contributed by atoms with Crippen LogP contribution >= 0.6 is 0 Å². The molecule has 142 valence electrons. The lowest BCUT2D eigenvalue weighted by atomic mass is 10.1. The van der Waals surface area contributed by atoms with Gasteiger partial charge in [-0.3, -0.25) is 4.55 Å². The second-order valence-corrected chi connectivity index (χ2v) is 7.95. The van der Waals surface area contributed by atoms with E-state index in [4.69, 9.17) is 4.55 Å². The fraction of sp³-hybridized carbons (Fsp3) is 0.789. The molecule has 2 N–H and O–H groups in total. The third-order valence-electron chi connectivity index (χ3n) is 3.89. The van der Waals surface area contributed by atoms with E-state index in [9.17, 15) is 13.5 Å². The highest BCUT2D eigenvalue weighted by molar-refractivity contribution is 7.85. The van der Waals surface area contributed by atoms with E-state index in [1.54, 1.807) is 0 Å². The minimum absolute atomic E-state index is 0.151. The van der Waals surface area contributed by atoms with Crippen LogP contribution in [0.2, 0.25) is 0 Å².